The first kappa shape index (κ1) is 24.2. The summed E-state index contributed by atoms with van der Waals surface area (Å²) in [5.74, 6) is 0.630. The van der Waals surface area contributed by atoms with Gasteiger partial charge in [0.05, 0.1) is 17.1 Å². The second-order valence-electron chi connectivity index (χ2n) is 8.07. The van der Waals surface area contributed by atoms with Crippen molar-refractivity contribution in [3.8, 4) is 5.75 Å². The van der Waals surface area contributed by atoms with Gasteiger partial charge in [0.2, 0.25) is 10.0 Å². The van der Waals surface area contributed by atoms with E-state index in [1.807, 2.05) is 6.07 Å². The summed E-state index contributed by atoms with van der Waals surface area (Å²) in [4.78, 5) is 12.9. The number of amides is 1. The smallest absolute Gasteiger partial charge is 0.261 e. The molecule has 0 radical (unpaired) electrons. The van der Waals surface area contributed by atoms with E-state index in [4.69, 9.17) is 17.0 Å². The fourth-order valence-electron chi connectivity index (χ4n) is 3.31. The van der Waals surface area contributed by atoms with Gasteiger partial charge in [0, 0.05) is 18.8 Å². The van der Waals surface area contributed by atoms with Crippen molar-refractivity contribution >= 4 is 38.9 Å². The number of hydrogen-bond donors (Lipinski definition) is 2. The second kappa shape index (κ2) is 10.9. The number of carbonyl (C=O) groups excluding carboxylic acids is 1. The van der Waals surface area contributed by atoms with Gasteiger partial charge in [-0.25, -0.2) is 8.42 Å². The summed E-state index contributed by atoms with van der Waals surface area (Å²) in [5.41, 5.74) is 0.976. The molecule has 0 atom stereocenters. The average molecular weight is 476 g/mol. The third kappa shape index (κ3) is 6.27. The molecule has 1 amide bonds. The first-order valence-electron chi connectivity index (χ1n) is 10.7. The molecule has 1 aliphatic rings. The summed E-state index contributed by atoms with van der Waals surface area (Å²) in [6.07, 6.45) is 2.66. The minimum Gasteiger partial charge on any atom is -0.493 e. The van der Waals surface area contributed by atoms with E-state index < -0.39 is 10.0 Å². The molecule has 2 aromatic carbocycles. The minimum atomic E-state index is -3.47. The monoisotopic (exact) mass is 475 g/mol. The number of rotatable bonds is 8. The third-order valence-electron chi connectivity index (χ3n) is 5.13. The number of sulfonamides is 1. The molecule has 0 aliphatic carbocycles. The van der Waals surface area contributed by atoms with Crippen LogP contribution in [0.25, 0.3) is 0 Å². The van der Waals surface area contributed by atoms with Crippen LogP contribution in [0.2, 0.25) is 0 Å². The van der Waals surface area contributed by atoms with Crippen LogP contribution in [0.1, 0.15) is 43.5 Å². The SMILES string of the molecule is CC(C)CCOc1ccccc1C(=O)NC(=S)Nc1ccc(S(=O)(=O)N2CCCC2)cc1. The lowest BCUT2D eigenvalue weighted by atomic mass is 10.1. The first-order chi connectivity index (χ1) is 15.3. The zero-order valence-electron chi connectivity index (χ0n) is 18.3. The second-order valence-corrected chi connectivity index (χ2v) is 10.4. The molecule has 1 fully saturated rings. The van der Waals surface area contributed by atoms with Gasteiger partial charge in [-0.05, 0) is 73.8 Å². The minimum absolute atomic E-state index is 0.113. The standard InChI is InChI=1S/C23H29N3O4S2/c1-17(2)13-16-30-21-8-4-3-7-20(21)22(27)25-23(31)24-18-9-11-19(12-10-18)32(28,29)26-14-5-6-15-26/h3-4,7-12,17H,5-6,13-16H2,1-2H3,(H2,24,25,27,31). The lowest BCUT2D eigenvalue weighted by Crippen LogP contribution is -2.34. The highest BCUT2D eigenvalue weighted by atomic mass is 32.2. The highest BCUT2D eigenvalue weighted by Crippen LogP contribution is 2.22. The molecule has 172 valence electrons. The molecule has 1 saturated heterocycles. The molecule has 0 saturated carbocycles. The van der Waals surface area contributed by atoms with Crippen molar-refractivity contribution in [1.82, 2.24) is 9.62 Å². The van der Waals surface area contributed by atoms with E-state index in [-0.39, 0.29) is 15.9 Å². The quantitative estimate of drug-likeness (QED) is 0.561. The summed E-state index contributed by atoms with van der Waals surface area (Å²) in [6, 6.07) is 13.4. The number of para-hydroxylation sites is 1. The molecule has 2 aromatic rings. The Labute approximate surface area is 195 Å². The Hall–Kier alpha value is -2.49. The van der Waals surface area contributed by atoms with E-state index >= 15 is 0 Å². The predicted molar refractivity (Wildman–Crippen MR) is 130 cm³/mol. The van der Waals surface area contributed by atoms with Crippen molar-refractivity contribution in [2.24, 2.45) is 5.92 Å². The van der Waals surface area contributed by atoms with Crippen molar-refractivity contribution in [3.05, 3.63) is 54.1 Å². The fraction of sp³-hybridized carbons (Fsp3) is 0.391. The van der Waals surface area contributed by atoms with Crippen molar-refractivity contribution in [2.45, 2.75) is 38.0 Å². The van der Waals surface area contributed by atoms with Crippen LogP contribution in [-0.2, 0) is 10.0 Å². The van der Waals surface area contributed by atoms with Gasteiger partial charge < -0.3 is 10.1 Å². The molecule has 3 rings (SSSR count). The molecule has 1 aliphatic heterocycles. The maximum absolute atomic E-state index is 12.7. The number of hydrogen-bond acceptors (Lipinski definition) is 5. The molecular weight excluding hydrogens is 446 g/mol. The van der Waals surface area contributed by atoms with Crippen molar-refractivity contribution in [3.63, 3.8) is 0 Å². The molecule has 2 N–H and O–H groups in total. The first-order valence-corrected chi connectivity index (χ1v) is 12.6. The topological polar surface area (TPSA) is 87.7 Å². The number of ether oxygens (including phenoxy) is 1. The van der Waals surface area contributed by atoms with Gasteiger partial charge >= 0.3 is 0 Å². The lowest BCUT2D eigenvalue weighted by Gasteiger charge is -2.16. The van der Waals surface area contributed by atoms with Crippen LogP contribution in [0.15, 0.2) is 53.4 Å². The number of thiocarbonyl (C=S) groups is 1. The predicted octanol–water partition coefficient (Wildman–Crippen LogP) is 4.02. The average Bonchev–Trinajstić information content (AvgIpc) is 3.30. The van der Waals surface area contributed by atoms with E-state index in [1.165, 1.54) is 16.4 Å². The number of carbonyl (C=O) groups is 1. The van der Waals surface area contributed by atoms with Crippen LogP contribution < -0.4 is 15.4 Å². The molecular formula is C23H29N3O4S2. The summed E-state index contributed by atoms with van der Waals surface area (Å²) in [6.45, 7) is 5.86. The van der Waals surface area contributed by atoms with Gasteiger partial charge in [-0.2, -0.15) is 4.31 Å². The summed E-state index contributed by atoms with van der Waals surface area (Å²) in [5, 5.41) is 5.68. The van der Waals surface area contributed by atoms with E-state index in [9.17, 15) is 13.2 Å². The molecule has 1 heterocycles. The Bertz CT molecular complexity index is 1050. The van der Waals surface area contributed by atoms with E-state index in [0.29, 0.717) is 42.6 Å². The summed E-state index contributed by atoms with van der Waals surface area (Å²) in [7, 11) is -3.47. The van der Waals surface area contributed by atoms with Gasteiger partial charge in [-0.15, -0.1) is 0 Å². The largest absolute Gasteiger partial charge is 0.493 e. The Morgan fingerprint density at radius 2 is 1.75 bits per heavy atom. The van der Waals surface area contributed by atoms with Gasteiger partial charge in [-0.1, -0.05) is 26.0 Å². The van der Waals surface area contributed by atoms with Crippen LogP contribution in [0.5, 0.6) is 5.75 Å². The van der Waals surface area contributed by atoms with E-state index in [1.54, 1.807) is 30.3 Å². The van der Waals surface area contributed by atoms with Crippen LogP contribution in [-0.4, -0.2) is 43.4 Å². The zero-order valence-corrected chi connectivity index (χ0v) is 20.0. The van der Waals surface area contributed by atoms with Gasteiger partial charge in [0.25, 0.3) is 5.91 Å². The molecule has 0 unspecified atom stereocenters. The normalized spacial score (nSPS) is 14.3. The molecule has 32 heavy (non-hydrogen) atoms. The zero-order chi connectivity index (χ0) is 23.1. The number of nitrogens with zero attached hydrogens (tertiary/aromatic N) is 1. The van der Waals surface area contributed by atoms with E-state index in [0.717, 1.165) is 19.3 Å². The van der Waals surface area contributed by atoms with Crippen molar-refractivity contribution in [2.75, 3.05) is 25.0 Å². The lowest BCUT2D eigenvalue weighted by molar-refractivity contribution is 0.0973. The number of benzene rings is 2. The maximum atomic E-state index is 12.7. The van der Waals surface area contributed by atoms with Crippen LogP contribution in [0, 0.1) is 5.92 Å². The Kier molecular flexibility index (Phi) is 8.22. The molecule has 0 spiro atoms. The third-order valence-corrected chi connectivity index (χ3v) is 7.24. The van der Waals surface area contributed by atoms with Crippen LogP contribution >= 0.6 is 12.2 Å². The highest BCUT2D eigenvalue weighted by Gasteiger charge is 2.26. The number of anilines is 1. The van der Waals surface area contributed by atoms with Crippen LogP contribution in [0.4, 0.5) is 5.69 Å². The van der Waals surface area contributed by atoms with Gasteiger partial charge in [0.15, 0.2) is 5.11 Å². The van der Waals surface area contributed by atoms with E-state index in [2.05, 4.69) is 24.5 Å². The summed E-state index contributed by atoms with van der Waals surface area (Å²) < 4.78 is 32.5. The Morgan fingerprint density at radius 1 is 1.09 bits per heavy atom. The van der Waals surface area contributed by atoms with Crippen molar-refractivity contribution < 1.29 is 17.9 Å². The van der Waals surface area contributed by atoms with Crippen molar-refractivity contribution in [1.29, 1.82) is 0 Å². The maximum Gasteiger partial charge on any atom is 0.261 e. The van der Waals surface area contributed by atoms with Gasteiger partial charge in [-0.3, -0.25) is 10.1 Å². The highest BCUT2D eigenvalue weighted by molar-refractivity contribution is 7.89. The Morgan fingerprint density at radius 3 is 2.41 bits per heavy atom. The fourth-order valence-corrected chi connectivity index (χ4v) is 5.03. The molecule has 9 heteroatoms. The number of nitrogens with one attached hydrogen (secondary N) is 2. The van der Waals surface area contributed by atoms with Crippen LogP contribution in [0.3, 0.4) is 0 Å². The molecule has 7 nitrogen and oxygen atoms in total. The summed E-state index contributed by atoms with van der Waals surface area (Å²) >= 11 is 5.26. The Balaban J connectivity index is 1.59. The molecule has 0 aromatic heterocycles. The van der Waals surface area contributed by atoms with Gasteiger partial charge in [0.1, 0.15) is 5.75 Å². The molecule has 0 bridgehead atoms.